The molecule has 0 N–H and O–H groups in total. The van der Waals surface area contributed by atoms with E-state index in [1.807, 2.05) is 24.3 Å². The zero-order chi connectivity index (χ0) is 4.41. The molecule has 1 aliphatic rings. The second-order valence-corrected chi connectivity index (χ2v) is 1.72. The van der Waals surface area contributed by atoms with Gasteiger partial charge in [0.25, 0.3) is 0 Å². The van der Waals surface area contributed by atoms with E-state index in [9.17, 15) is 0 Å². The second kappa shape index (κ2) is 3.48. The number of alkyl halides is 1. The molecule has 0 saturated heterocycles. The molecule has 0 aliphatic heterocycles. The molecule has 0 aromatic heterocycles. The van der Waals surface area contributed by atoms with Crippen molar-refractivity contribution in [2.75, 3.05) is 0 Å². The van der Waals surface area contributed by atoms with Gasteiger partial charge in [-0.3, -0.25) is 0 Å². The van der Waals surface area contributed by atoms with Gasteiger partial charge in [-0.1, -0.05) is 24.3 Å². The molecule has 0 heterocycles. The van der Waals surface area contributed by atoms with Crippen LogP contribution < -0.4 is 0 Å². The van der Waals surface area contributed by atoms with Crippen LogP contribution in [-0.2, 0) is 21.7 Å². The molecule has 1 aliphatic carbocycles. The molecule has 0 fully saturated rings. The molecular weight excluding hydrogens is 143 g/mol. The fourth-order valence-electron chi connectivity index (χ4n) is 0.405. The largest absolute Gasteiger partial charge is 0.114 e. The number of halogens is 1. The van der Waals surface area contributed by atoms with Crippen molar-refractivity contribution in [3.63, 3.8) is 0 Å². The zero-order valence-electron chi connectivity index (χ0n) is 3.76. The summed E-state index contributed by atoms with van der Waals surface area (Å²) in [5.74, 6) is 0. The molecule has 0 bridgehead atoms. The van der Waals surface area contributed by atoms with Crippen molar-refractivity contribution in [2.24, 2.45) is 0 Å². The minimum absolute atomic E-state index is 0. The Bertz CT molecular complexity index is 84.3. The van der Waals surface area contributed by atoms with E-state index in [1.165, 1.54) is 0 Å². The molecule has 0 aromatic rings. The van der Waals surface area contributed by atoms with Crippen molar-refractivity contribution in [1.29, 1.82) is 0 Å². The minimum Gasteiger partial charge on any atom is -0.114 e. The first-order valence-corrected chi connectivity index (χ1v) is 2.32. The third-order valence-corrected chi connectivity index (χ3v) is 0.992. The van der Waals surface area contributed by atoms with E-state index in [1.54, 1.807) is 0 Å². The standard InChI is InChI=1S/C5H5Cl.Ti/c6-5-3-1-2-4-5;/h1-5H;. The van der Waals surface area contributed by atoms with Gasteiger partial charge in [-0.2, -0.15) is 0 Å². The summed E-state index contributed by atoms with van der Waals surface area (Å²) < 4.78 is 0. The Morgan fingerprint density at radius 2 is 1.57 bits per heavy atom. The first kappa shape index (κ1) is 7.48. The predicted molar refractivity (Wildman–Crippen MR) is 27.9 cm³/mol. The fourth-order valence-corrected chi connectivity index (χ4v) is 0.573. The molecule has 0 spiro atoms. The van der Waals surface area contributed by atoms with Crippen molar-refractivity contribution >= 4 is 11.6 Å². The van der Waals surface area contributed by atoms with Crippen LogP contribution in [0.25, 0.3) is 0 Å². The molecular formula is C5H5ClTi. The van der Waals surface area contributed by atoms with Gasteiger partial charge in [0.2, 0.25) is 0 Å². The molecule has 0 nitrogen and oxygen atoms in total. The van der Waals surface area contributed by atoms with Gasteiger partial charge in [0.15, 0.2) is 0 Å². The van der Waals surface area contributed by atoms with Gasteiger partial charge in [-0.25, -0.2) is 0 Å². The number of hydrogen-bond donors (Lipinski definition) is 0. The van der Waals surface area contributed by atoms with Crippen LogP contribution in [0.1, 0.15) is 0 Å². The summed E-state index contributed by atoms with van der Waals surface area (Å²) in [6.45, 7) is 0. The third-order valence-electron chi connectivity index (χ3n) is 0.701. The smallest absolute Gasteiger partial charge is 0.0702 e. The fraction of sp³-hybridized carbons (Fsp3) is 0.200. The summed E-state index contributed by atoms with van der Waals surface area (Å²) in [6, 6.07) is 0. The van der Waals surface area contributed by atoms with E-state index in [2.05, 4.69) is 0 Å². The van der Waals surface area contributed by atoms with Gasteiger partial charge in [-0.15, -0.1) is 11.6 Å². The molecule has 1 rings (SSSR count). The monoisotopic (exact) mass is 148 g/mol. The van der Waals surface area contributed by atoms with Gasteiger partial charge >= 0.3 is 0 Å². The average molecular weight is 148 g/mol. The van der Waals surface area contributed by atoms with Crippen LogP contribution in [0.15, 0.2) is 24.3 Å². The van der Waals surface area contributed by atoms with Crippen molar-refractivity contribution in [2.45, 2.75) is 5.38 Å². The molecule has 0 radical (unpaired) electrons. The summed E-state index contributed by atoms with van der Waals surface area (Å²) >= 11 is 5.54. The zero-order valence-corrected chi connectivity index (χ0v) is 6.08. The number of hydrogen-bond acceptors (Lipinski definition) is 0. The third kappa shape index (κ3) is 2.33. The van der Waals surface area contributed by atoms with E-state index >= 15 is 0 Å². The van der Waals surface area contributed by atoms with Gasteiger partial charge in [0.05, 0.1) is 5.38 Å². The normalized spacial score (nSPS) is 17.3. The van der Waals surface area contributed by atoms with Crippen LogP contribution in [0.5, 0.6) is 0 Å². The minimum atomic E-state index is 0. The predicted octanol–water partition coefficient (Wildman–Crippen LogP) is 1.72. The van der Waals surface area contributed by atoms with Crippen LogP contribution >= 0.6 is 11.6 Å². The van der Waals surface area contributed by atoms with Crippen LogP contribution in [0.4, 0.5) is 0 Å². The van der Waals surface area contributed by atoms with E-state index < -0.39 is 0 Å². The maximum Gasteiger partial charge on any atom is 0.0702 e. The second-order valence-electron chi connectivity index (χ2n) is 1.21. The van der Waals surface area contributed by atoms with Crippen LogP contribution in [0.2, 0.25) is 0 Å². The van der Waals surface area contributed by atoms with Gasteiger partial charge in [0, 0.05) is 21.7 Å². The summed E-state index contributed by atoms with van der Waals surface area (Å²) in [4.78, 5) is 0. The Morgan fingerprint density at radius 3 is 1.71 bits per heavy atom. The Hall–Kier alpha value is 0.484. The molecule has 2 heteroatoms. The van der Waals surface area contributed by atoms with Gasteiger partial charge < -0.3 is 0 Å². The van der Waals surface area contributed by atoms with Crippen LogP contribution in [0.3, 0.4) is 0 Å². The first-order chi connectivity index (χ1) is 2.89. The Kier molecular flexibility index (Phi) is 3.72. The SMILES string of the molecule is ClC1C=CC=C1.[Ti]. The average Bonchev–Trinajstić information content (AvgIpc) is 1.86. The van der Waals surface area contributed by atoms with Crippen molar-refractivity contribution in [3.05, 3.63) is 24.3 Å². The summed E-state index contributed by atoms with van der Waals surface area (Å²) in [6.07, 6.45) is 7.75. The van der Waals surface area contributed by atoms with E-state index in [4.69, 9.17) is 11.6 Å². The van der Waals surface area contributed by atoms with E-state index in [-0.39, 0.29) is 27.1 Å². The van der Waals surface area contributed by atoms with Crippen molar-refractivity contribution < 1.29 is 21.7 Å². The molecule has 0 amide bonds. The van der Waals surface area contributed by atoms with E-state index in [0.717, 1.165) is 0 Å². The summed E-state index contributed by atoms with van der Waals surface area (Å²) in [7, 11) is 0. The summed E-state index contributed by atoms with van der Waals surface area (Å²) in [5, 5.41) is 0.157. The molecule has 0 unspecified atom stereocenters. The van der Waals surface area contributed by atoms with Crippen LogP contribution in [0, 0.1) is 0 Å². The molecule has 0 saturated carbocycles. The van der Waals surface area contributed by atoms with Crippen molar-refractivity contribution in [1.82, 2.24) is 0 Å². The quantitative estimate of drug-likeness (QED) is 0.362. The Balaban J connectivity index is 0.000000360. The Morgan fingerprint density at radius 1 is 1.14 bits per heavy atom. The van der Waals surface area contributed by atoms with Gasteiger partial charge in [-0.05, 0) is 0 Å². The summed E-state index contributed by atoms with van der Waals surface area (Å²) in [5.41, 5.74) is 0. The molecule has 0 atom stereocenters. The Labute approximate surface area is 63.1 Å². The van der Waals surface area contributed by atoms with Crippen LogP contribution in [-0.4, -0.2) is 5.38 Å². The maximum absolute atomic E-state index is 5.54. The van der Waals surface area contributed by atoms with Crippen molar-refractivity contribution in [3.8, 4) is 0 Å². The van der Waals surface area contributed by atoms with Gasteiger partial charge in [0.1, 0.15) is 0 Å². The molecule has 36 valence electrons. The molecule has 0 aromatic carbocycles. The van der Waals surface area contributed by atoms with E-state index in [0.29, 0.717) is 0 Å². The molecule has 7 heavy (non-hydrogen) atoms. The number of allylic oxidation sites excluding steroid dienone is 4. The topological polar surface area (TPSA) is 0 Å². The first-order valence-electron chi connectivity index (χ1n) is 1.88. The number of rotatable bonds is 0. The maximum atomic E-state index is 5.54.